The van der Waals surface area contributed by atoms with E-state index in [2.05, 4.69) is 4.98 Å². The van der Waals surface area contributed by atoms with Crippen LogP contribution in [-0.2, 0) is 11.2 Å². The quantitative estimate of drug-likeness (QED) is 0.931. The summed E-state index contributed by atoms with van der Waals surface area (Å²) in [6, 6.07) is 12.0. The summed E-state index contributed by atoms with van der Waals surface area (Å²) in [6.45, 7) is 0. The summed E-state index contributed by atoms with van der Waals surface area (Å²) in [7, 11) is 0. The van der Waals surface area contributed by atoms with Gasteiger partial charge >= 0.3 is 0 Å². The number of hydrogen-bond acceptors (Lipinski definition) is 3. The van der Waals surface area contributed by atoms with Gasteiger partial charge in [-0.05, 0) is 25.0 Å². The van der Waals surface area contributed by atoms with E-state index in [1.807, 2.05) is 36.4 Å². The molecule has 1 aromatic heterocycles. The first-order valence-corrected chi connectivity index (χ1v) is 7.37. The minimum absolute atomic E-state index is 0.0250. The van der Waals surface area contributed by atoms with Gasteiger partial charge in [0.05, 0.1) is 5.52 Å². The van der Waals surface area contributed by atoms with Crippen molar-refractivity contribution in [3.05, 3.63) is 42.1 Å². The molecule has 3 heteroatoms. The first-order valence-electron chi connectivity index (χ1n) is 7.37. The van der Waals surface area contributed by atoms with Gasteiger partial charge in [0.2, 0.25) is 0 Å². The average molecular weight is 268 g/mol. The van der Waals surface area contributed by atoms with Crippen LogP contribution in [0.25, 0.3) is 10.9 Å². The fraction of sp³-hybridized carbons (Fsp3) is 0.412. The number of carbonyl (C=O) groups is 1. The van der Waals surface area contributed by atoms with Gasteiger partial charge in [0, 0.05) is 29.5 Å². The lowest BCUT2D eigenvalue weighted by Crippen LogP contribution is -2.38. The number of rotatable bonds is 3. The SMILES string of the molecule is NC1CCCCC1C(=O)Cc1ccc2ccccc2n1. The molecule has 2 unspecified atom stereocenters. The number of benzene rings is 1. The maximum Gasteiger partial charge on any atom is 0.143 e. The summed E-state index contributed by atoms with van der Waals surface area (Å²) in [5.41, 5.74) is 7.89. The van der Waals surface area contributed by atoms with Crippen molar-refractivity contribution in [1.82, 2.24) is 4.98 Å². The van der Waals surface area contributed by atoms with Crippen LogP contribution in [0.2, 0.25) is 0 Å². The Morgan fingerprint density at radius 2 is 1.95 bits per heavy atom. The number of fused-ring (bicyclic) bond motifs is 1. The summed E-state index contributed by atoms with van der Waals surface area (Å²) < 4.78 is 0. The fourth-order valence-electron chi connectivity index (χ4n) is 3.08. The molecule has 1 fully saturated rings. The van der Waals surface area contributed by atoms with Crippen LogP contribution in [0.5, 0.6) is 0 Å². The highest BCUT2D eigenvalue weighted by Gasteiger charge is 2.28. The summed E-state index contributed by atoms with van der Waals surface area (Å²) in [5, 5.41) is 1.11. The van der Waals surface area contributed by atoms with Crippen LogP contribution in [0.4, 0.5) is 0 Å². The van der Waals surface area contributed by atoms with E-state index in [1.54, 1.807) is 0 Å². The van der Waals surface area contributed by atoms with Crippen LogP contribution in [0.3, 0.4) is 0 Å². The molecule has 0 aliphatic heterocycles. The van der Waals surface area contributed by atoms with Gasteiger partial charge in [-0.3, -0.25) is 9.78 Å². The Hall–Kier alpha value is -1.74. The second-order valence-corrected chi connectivity index (χ2v) is 5.69. The molecule has 20 heavy (non-hydrogen) atoms. The van der Waals surface area contributed by atoms with Crippen molar-refractivity contribution < 1.29 is 4.79 Å². The lowest BCUT2D eigenvalue weighted by Gasteiger charge is -2.27. The van der Waals surface area contributed by atoms with E-state index >= 15 is 0 Å². The number of carbonyl (C=O) groups excluding carboxylic acids is 1. The summed E-state index contributed by atoms with van der Waals surface area (Å²) in [6.07, 6.45) is 4.59. The van der Waals surface area contributed by atoms with Crippen LogP contribution in [0.15, 0.2) is 36.4 Å². The molecule has 2 atom stereocenters. The average Bonchev–Trinajstić information content (AvgIpc) is 2.47. The number of nitrogens with zero attached hydrogens (tertiary/aromatic N) is 1. The number of nitrogens with two attached hydrogens (primary N) is 1. The Bertz CT molecular complexity index is 623. The van der Waals surface area contributed by atoms with E-state index in [0.29, 0.717) is 6.42 Å². The van der Waals surface area contributed by atoms with Gasteiger partial charge in [-0.15, -0.1) is 0 Å². The third-order valence-corrected chi connectivity index (χ3v) is 4.24. The summed E-state index contributed by atoms with van der Waals surface area (Å²) in [5.74, 6) is 0.275. The Balaban J connectivity index is 1.76. The highest BCUT2D eigenvalue weighted by molar-refractivity contribution is 5.85. The van der Waals surface area contributed by atoms with Gasteiger partial charge in [0.25, 0.3) is 0 Å². The predicted molar refractivity (Wildman–Crippen MR) is 80.4 cm³/mol. The van der Waals surface area contributed by atoms with E-state index in [-0.39, 0.29) is 17.7 Å². The molecule has 0 amide bonds. The molecule has 0 bridgehead atoms. The molecule has 1 heterocycles. The molecule has 0 radical (unpaired) electrons. The Morgan fingerprint density at radius 1 is 1.15 bits per heavy atom. The molecule has 1 aliphatic rings. The van der Waals surface area contributed by atoms with Gasteiger partial charge in [-0.2, -0.15) is 0 Å². The van der Waals surface area contributed by atoms with Gasteiger partial charge in [-0.25, -0.2) is 0 Å². The van der Waals surface area contributed by atoms with Crippen molar-refractivity contribution in [2.75, 3.05) is 0 Å². The first kappa shape index (κ1) is 13.3. The van der Waals surface area contributed by atoms with E-state index < -0.39 is 0 Å². The van der Waals surface area contributed by atoms with Crippen LogP contribution in [0.1, 0.15) is 31.4 Å². The smallest absolute Gasteiger partial charge is 0.143 e. The standard InChI is InChI=1S/C17H20N2O/c18-15-7-3-2-6-14(15)17(20)11-13-10-9-12-5-1-4-8-16(12)19-13/h1,4-5,8-10,14-15H,2-3,6-7,11,18H2. The second-order valence-electron chi connectivity index (χ2n) is 5.69. The fourth-order valence-corrected chi connectivity index (χ4v) is 3.08. The molecule has 1 aromatic carbocycles. The van der Waals surface area contributed by atoms with Crippen LogP contribution in [0, 0.1) is 5.92 Å². The maximum atomic E-state index is 12.4. The Labute approximate surface area is 119 Å². The van der Waals surface area contributed by atoms with Crippen LogP contribution in [-0.4, -0.2) is 16.8 Å². The number of para-hydroxylation sites is 1. The first-order chi connectivity index (χ1) is 9.74. The summed E-state index contributed by atoms with van der Waals surface area (Å²) >= 11 is 0. The minimum Gasteiger partial charge on any atom is -0.327 e. The number of hydrogen-bond donors (Lipinski definition) is 1. The number of pyridine rings is 1. The highest BCUT2D eigenvalue weighted by Crippen LogP contribution is 2.25. The maximum absolute atomic E-state index is 12.4. The summed E-state index contributed by atoms with van der Waals surface area (Å²) in [4.78, 5) is 17.0. The molecule has 3 nitrogen and oxygen atoms in total. The molecule has 3 rings (SSSR count). The van der Waals surface area contributed by atoms with Crippen molar-refractivity contribution in [1.29, 1.82) is 0 Å². The van der Waals surface area contributed by atoms with Crippen LogP contribution < -0.4 is 5.73 Å². The van der Waals surface area contributed by atoms with Crippen molar-refractivity contribution >= 4 is 16.7 Å². The van der Waals surface area contributed by atoms with Gasteiger partial charge in [0.1, 0.15) is 5.78 Å². The van der Waals surface area contributed by atoms with Crippen molar-refractivity contribution in [3.8, 4) is 0 Å². The molecular weight excluding hydrogens is 248 g/mol. The number of Topliss-reactive ketones (excluding diaryl/α,β-unsaturated/α-hetero) is 1. The third-order valence-electron chi connectivity index (χ3n) is 4.24. The Kier molecular flexibility index (Phi) is 3.79. The van der Waals surface area contributed by atoms with E-state index in [4.69, 9.17) is 5.73 Å². The zero-order valence-electron chi connectivity index (χ0n) is 11.6. The molecule has 104 valence electrons. The van der Waals surface area contributed by atoms with E-state index in [9.17, 15) is 4.79 Å². The van der Waals surface area contributed by atoms with E-state index in [0.717, 1.165) is 42.3 Å². The normalized spacial score (nSPS) is 22.9. The molecule has 2 N–H and O–H groups in total. The topological polar surface area (TPSA) is 56.0 Å². The Morgan fingerprint density at radius 3 is 2.80 bits per heavy atom. The minimum atomic E-state index is 0.0250. The van der Waals surface area contributed by atoms with E-state index in [1.165, 1.54) is 0 Å². The zero-order chi connectivity index (χ0) is 13.9. The van der Waals surface area contributed by atoms with Crippen molar-refractivity contribution in [2.45, 2.75) is 38.1 Å². The van der Waals surface area contributed by atoms with Crippen LogP contribution >= 0.6 is 0 Å². The number of ketones is 1. The largest absolute Gasteiger partial charge is 0.327 e. The lowest BCUT2D eigenvalue weighted by molar-refractivity contribution is -0.123. The predicted octanol–water partition coefficient (Wildman–Crippen LogP) is 2.86. The number of aromatic nitrogens is 1. The monoisotopic (exact) mass is 268 g/mol. The van der Waals surface area contributed by atoms with Crippen molar-refractivity contribution in [2.24, 2.45) is 11.7 Å². The lowest BCUT2D eigenvalue weighted by atomic mass is 9.81. The van der Waals surface area contributed by atoms with Gasteiger partial charge < -0.3 is 5.73 Å². The molecule has 0 saturated heterocycles. The van der Waals surface area contributed by atoms with Gasteiger partial charge in [-0.1, -0.05) is 37.1 Å². The zero-order valence-corrected chi connectivity index (χ0v) is 11.6. The molecule has 2 aromatic rings. The molecule has 1 aliphatic carbocycles. The second kappa shape index (κ2) is 5.71. The third kappa shape index (κ3) is 2.73. The van der Waals surface area contributed by atoms with Crippen molar-refractivity contribution in [3.63, 3.8) is 0 Å². The molecular formula is C17H20N2O. The molecule has 1 saturated carbocycles. The molecule has 0 spiro atoms. The highest BCUT2D eigenvalue weighted by atomic mass is 16.1. The van der Waals surface area contributed by atoms with Gasteiger partial charge in [0.15, 0.2) is 0 Å².